The fraction of sp³-hybridized carbons (Fsp3) is 0.588. The Labute approximate surface area is 132 Å². The van der Waals surface area contributed by atoms with E-state index in [1.807, 2.05) is 0 Å². The van der Waals surface area contributed by atoms with Crippen molar-refractivity contribution in [2.45, 2.75) is 65.5 Å². The van der Waals surface area contributed by atoms with Crippen molar-refractivity contribution >= 4 is 17.5 Å². The summed E-state index contributed by atoms with van der Waals surface area (Å²) in [5.41, 5.74) is 0.331. The molecule has 0 fully saturated rings. The van der Waals surface area contributed by atoms with E-state index in [2.05, 4.69) is 24.5 Å². The highest BCUT2D eigenvalue weighted by molar-refractivity contribution is 5.85. The minimum atomic E-state index is -0.570. The van der Waals surface area contributed by atoms with Crippen molar-refractivity contribution in [2.75, 3.05) is 10.6 Å². The Bertz CT molecular complexity index is 498. The molecule has 22 heavy (non-hydrogen) atoms. The molecule has 0 radical (unpaired) electrons. The molecule has 0 saturated carbocycles. The molecule has 0 aliphatic heterocycles. The lowest BCUT2D eigenvalue weighted by Crippen LogP contribution is -2.27. The fourth-order valence-corrected chi connectivity index (χ4v) is 2.08. The highest BCUT2D eigenvalue weighted by Gasteiger charge is 2.17. The first-order valence-corrected chi connectivity index (χ1v) is 7.81. The van der Waals surface area contributed by atoms with Crippen LogP contribution in [0.25, 0.3) is 0 Å². The van der Waals surface area contributed by atoms with Gasteiger partial charge in [0.05, 0.1) is 5.69 Å². The van der Waals surface area contributed by atoms with Gasteiger partial charge in [-0.05, 0) is 51.8 Å². The van der Waals surface area contributed by atoms with Crippen molar-refractivity contribution in [1.82, 2.24) is 0 Å². The monoisotopic (exact) mass is 310 g/mol. The Balaban J connectivity index is 2.79. The lowest BCUT2D eigenvalue weighted by Gasteiger charge is -2.21. The van der Waals surface area contributed by atoms with Crippen LogP contribution in [0.4, 0.5) is 20.6 Å². The van der Waals surface area contributed by atoms with Gasteiger partial charge in [-0.25, -0.2) is 9.18 Å². The average Bonchev–Trinajstić information content (AvgIpc) is 2.39. The predicted molar refractivity (Wildman–Crippen MR) is 88.9 cm³/mol. The summed E-state index contributed by atoms with van der Waals surface area (Å²) in [6.07, 6.45) is 2.37. The number of hydrogen-bond acceptors (Lipinski definition) is 3. The van der Waals surface area contributed by atoms with E-state index in [4.69, 9.17) is 4.74 Å². The number of carbonyl (C=O) groups is 1. The van der Waals surface area contributed by atoms with E-state index in [9.17, 15) is 9.18 Å². The molecule has 0 aliphatic rings. The number of anilines is 2. The topological polar surface area (TPSA) is 50.4 Å². The van der Waals surface area contributed by atoms with Gasteiger partial charge < -0.3 is 10.1 Å². The minimum Gasteiger partial charge on any atom is -0.444 e. The van der Waals surface area contributed by atoms with Gasteiger partial charge in [0.15, 0.2) is 0 Å². The van der Waals surface area contributed by atoms with Crippen LogP contribution < -0.4 is 10.6 Å². The summed E-state index contributed by atoms with van der Waals surface area (Å²) in [7, 11) is 0. The summed E-state index contributed by atoms with van der Waals surface area (Å²) in [5, 5.41) is 5.81. The van der Waals surface area contributed by atoms with Crippen LogP contribution >= 0.6 is 0 Å². The highest BCUT2D eigenvalue weighted by Crippen LogP contribution is 2.22. The SMILES string of the molecule is CCCC(CC)Nc1cc(NC(=O)OC(C)(C)C)ccc1F. The number of amides is 1. The molecule has 0 aromatic heterocycles. The molecular weight excluding hydrogens is 283 g/mol. The average molecular weight is 310 g/mol. The summed E-state index contributed by atoms with van der Waals surface area (Å²) in [5.74, 6) is -0.329. The minimum absolute atomic E-state index is 0.219. The lowest BCUT2D eigenvalue weighted by molar-refractivity contribution is 0.0636. The molecular formula is C17H27FN2O2. The normalized spacial score (nSPS) is 12.6. The van der Waals surface area contributed by atoms with Crippen LogP contribution in [0.15, 0.2) is 18.2 Å². The second kappa shape index (κ2) is 8.01. The molecule has 1 atom stereocenters. The van der Waals surface area contributed by atoms with Crippen molar-refractivity contribution in [2.24, 2.45) is 0 Å². The van der Waals surface area contributed by atoms with E-state index in [0.29, 0.717) is 11.4 Å². The number of ether oxygens (including phenoxy) is 1. The molecule has 5 heteroatoms. The van der Waals surface area contributed by atoms with Crippen LogP contribution in [0.1, 0.15) is 53.9 Å². The molecule has 0 heterocycles. The standard InChI is InChI=1S/C17H27FN2O2/c1-6-8-12(7-2)19-15-11-13(9-10-14(15)18)20-16(21)22-17(3,4)5/h9-12,19H,6-8H2,1-5H3,(H,20,21). The number of halogens is 1. The van der Waals surface area contributed by atoms with E-state index < -0.39 is 11.7 Å². The Kier molecular flexibility index (Phi) is 6.65. The van der Waals surface area contributed by atoms with Gasteiger partial charge in [-0.2, -0.15) is 0 Å². The molecule has 0 saturated heterocycles. The molecule has 124 valence electrons. The highest BCUT2D eigenvalue weighted by atomic mass is 19.1. The number of hydrogen-bond donors (Lipinski definition) is 2. The number of rotatable bonds is 6. The number of nitrogens with one attached hydrogen (secondary N) is 2. The maximum Gasteiger partial charge on any atom is 0.412 e. The lowest BCUT2D eigenvalue weighted by atomic mass is 10.1. The van der Waals surface area contributed by atoms with Crippen LogP contribution in [-0.4, -0.2) is 17.7 Å². The molecule has 0 bridgehead atoms. The van der Waals surface area contributed by atoms with E-state index in [1.54, 1.807) is 26.8 Å². The Morgan fingerprint density at radius 3 is 2.55 bits per heavy atom. The van der Waals surface area contributed by atoms with Crippen molar-refractivity contribution in [3.8, 4) is 0 Å². The van der Waals surface area contributed by atoms with Crippen molar-refractivity contribution in [3.63, 3.8) is 0 Å². The number of carbonyl (C=O) groups excluding carboxylic acids is 1. The molecule has 0 spiro atoms. The zero-order valence-electron chi connectivity index (χ0n) is 14.1. The second-order valence-corrected chi connectivity index (χ2v) is 6.36. The van der Waals surface area contributed by atoms with E-state index in [1.165, 1.54) is 12.1 Å². The zero-order valence-corrected chi connectivity index (χ0v) is 14.1. The molecule has 1 rings (SSSR count). The largest absolute Gasteiger partial charge is 0.444 e. The summed E-state index contributed by atoms with van der Waals surface area (Å²) in [4.78, 5) is 11.8. The van der Waals surface area contributed by atoms with E-state index in [0.717, 1.165) is 19.3 Å². The van der Waals surface area contributed by atoms with Crippen molar-refractivity contribution in [1.29, 1.82) is 0 Å². The Morgan fingerprint density at radius 1 is 1.32 bits per heavy atom. The first-order valence-electron chi connectivity index (χ1n) is 7.81. The Morgan fingerprint density at radius 2 is 2.00 bits per heavy atom. The number of benzene rings is 1. The van der Waals surface area contributed by atoms with Gasteiger partial charge in [-0.1, -0.05) is 20.3 Å². The summed E-state index contributed by atoms with van der Waals surface area (Å²) in [6, 6.07) is 4.67. The van der Waals surface area contributed by atoms with Crippen LogP contribution in [0, 0.1) is 5.82 Å². The smallest absolute Gasteiger partial charge is 0.412 e. The fourth-order valence-electron chi connectivity index (χ4n) is 2.08. The third kappa shape index (κ3) is 6.33. The molecule has 1 aromatic rings. The Hall–Kier alpha value is -1.78. The quantitative estimate of drug-likeness (QED) is 0.762. The van der Waals surface area contributed by atoms with Crippen LogP contribution in [0.3, 0.4) is 0 Å². The van der Waals surface area contributed by atoms with E-state index in [-0.39, 0.29) is 11.9 Å². The van der Waals surface area contributed by atoms with Gasteiger partial charge in [-0.3, -0.25) is 5.32 Å². The molecule has 1 aromatic carbocycles. The zero-order chi connectivity index (χ0) is 16.8. The van der Waals surface area contributed by atoms with Crippen LogP contribution in [-0.2, 0) is 4.74 Å². The van der Waals surface area contributed by atoms with Gasteiger partial charge >= 0.3 is 6.09 Å². The van der Waals surface area contributed by atoms with Crippen molar-refractivity contribution < 1.29 is 13.9 Å². The van der Waals surface area contributed by atoms with Gasteiger partial charge in [0, 0.05) is 11.7 Å². The molecule has 2 N–H and O–H groups in total. The van der Waals surface area contributed by atoms with Gasteiger partial charge in [-0.15, -0.1) is 0 Å². The van der Waals surface area contributed by atoms with E-state index >= 15 is 0 Å². The third-order valence-electron chi connectivity index (χ3n) is 3.10. The predicted octanol–water partition coefficient (Wildman–Crippen LogP) is 5.16. The summed E-state index contributed by atoms with van der Waals surface area (Å²) < 4.78 is 19.1. The van der Waals surface area contributed by atoms with Gasteiger partial charge in [0.1, 0.15) is 11.4 Å². The van der Waals surface area contributed by atoms with Gasteiger partial charge in [0.25, 0.3) is 0 Å². The maximum atomic E-state index is 13.9. The summed E-state index contributed by atoms with van der Waals surface area (Å²) >= 11 is 0. The first kappa shape index (κ1) is 18.3. The first-order chi connectivity index (χ1) is 10.2. The molecule has 0 aliphatic carbocycles. The molecule has 4 nitrogen and oxygen atoms in total. The third-order valence-corrected chi connectivity index (χ3v) is 3.10. The van der Waals surface area contributed by atoms with Crippen LogP contribution in [0.5, 0.6) is 0 Å². The van der Waals surface area contributed by atoms with Crippen LogP contribution in [0.2, 0.25) is 0 Å². The second-order valence-electron chi connectivity index (χ2n) is 6.36. The van der Waals surface area contributed by atoms with Crippen molar-refractivity contribution in [3.05, 3.63) is 24.0 Å². The molecule has 1 amide bonds. The maximum absolute atomic E-state index is 13.9. The molecule has 1 unspecified atom stereocenters. The summed E-state index contributed by atoms with van der Waals surface area (Å²) in [6.45, 7) is 9.54. The van der Waals surface area contributed by atoms with Gasteiger partial charge in [0.2, 0.25) is 0 Å².